The van der Waals surface area contributed by atoms with Gasteiger partial charge >= 0.3 is 5.97 Å². The second kappa shape index (κ2) is 11.6. The fourth-order valence-electron chi connectivity index (χ4n) is 3.99. The van der Waals surface area contributed by atoms with Gasteiger partial charge in [0.1, 0.15) is 23.8 Å². The summed E-state index contributed by atoms with van der Waals surface area (Å²) in [5.74, 6) is 0.664. The standard InChI is InChI=1S/C29H29N3O6/c1-18-6-12-22(13-7-18)32-29(38-19(2)33)27(20-8-10-21(11-9-20)30-26(34)17-35-3)28(31-32)24-15-14-23(36-4)16-25(24)37-5/h6-16H,17H2,1-5H3,(H,30,34). The summed E-state index contributed by atoms with van der Waals surface area (Å²) < 4.78 is 23.3. The summed E-state index contributed by atoms with van der Waals surface area (Å²) in [6.07, 6.45) is 0. The van der Waals surface area contributed by atoms with Crippen LogP contribution >= 0.6 is 0 Å². The average molecular weight is 516 g/mol. The maximum absolute atomic E-state index is 12.3. The number of aromatic nitrogens is 2. The summed E-state index contributed by atoms with van der Waals surface area (Å²) in [4.78, 5) is 24.2. The molecule has 0 bridgehead atoms. The Kier molecular flexibility index (Phi) is 8.08. The number of esters is 1. The van der Waals surface area contributed by atoms with Gasteiger partial charge in [-0.05, 0) is 48.9 Å². The Morgan fingerprint density at radius 2 is 1.63 bits per heavy atom. The summed E-state index contributed by atoms with van der Waals surface area (Å²) in [6.45, 7) is 3.29. The first kappa shape index (κ1) is 26.4. The van der Waals surface area contributed by atoms with Crippen molar-refractivity contribution in [3.8, 4) is 45.5 Å². The van der Waals surface area contributed by atoms with Gasteiger partial charge in [0.25, 0.3) is 0 Å². The summed E-state index contributed by atoms with van der Waals surface area (Å²) in [5.41, 5.74) is 4.92. The number of hydrogen-bond acceptors (Lipinski definition) is 7. The molecule has 0 spiro atoms. The van der Waals surface area contributed by atoms with E-state index in [0.29, 0.717) is 34.0 Å². The van der Waals surface area contributed by atoms with Crippen LogP contribution in [0.15, 0.2) is 66.7 Å². The largest absolute Gasteiger partial charge is 0.497 e. The zero-order valence-corrected chi connectivity index (χ0v) is 21.9. The molecule has 0 saturated carbocycles. The van der Waals surface area contributed by atoms with Crippen LogP contribution in [0.25, 0.3) is 28.1 Å². The van der Waals surface area contributed by atoms with Gasteiger partial charge in [-0.15, -0.1) is 0 Å². The molecule has 0 saturated heterocycles. The number of amides is 1. The van der Waals surface area contributed by atoms with Gasteiger partial charge in [-0.2, -0.15) is 9.78 Å². The van der Waals surface area contributed by atoms with E-state index < -0.39 is 5.97 Å². The normalized spacial score (nSPS) is 10.7. The molecule has 1 amide bonds. The maximum Gasteiger partial charge on any atom is 0.309 e. The first-order valence-electron chi connectivity index (χ1n) is 11.8. The van der Waals surface area contributed by atoms with Crippen molar-refractivity contribution in [2.24, 2.45) is 0 Å². The summed E-state index contributed by atoms with van der Waals surface area (Å²) in [7, 11) is 4.61. The minimum absolute atomic E-state index is 0.0525. The van der Waals surface area contributed by atoms with Crippen molar-refractivity contribution >= 4 is 17.6 Å². The monoisotopic (exact) mass is 515 g/mol. The summed E-state index contributed by atoms with van der Waals surface area (Å²) in [5, 5.41) is 7.68. The van der Waals surface area contributed by atoms with Crippen molar-refractivity contribution in [2.45, 2.75) is 13.8 Å². The van der Waals surface area contributed by atoms with Crippen molar-refractivity contribution in [2.75, 3.05) is 33.3 Å². The number of nitrogens with zero attached hydrogens (tertiary/aromatic N) is 2. The van der Waals surface area contributed by atoms with E-state index >= 15 is 0 Å². The molecule has 4 rings (SSSR count). The Hall–Kier alpha value is -4.63. The fourth-order valence-corrected chi connectivity index (χ4v) is 3.99. The third-order valence-corrected chi connectivity index (χ3v) is 5.76. The number of benzene rings is 3. The highest BCUT2D eigenvalue weighted by molar-refractivity contribution is 5.93. The lowest BCUT2D eigenvalue weighted by atomic mass is 10.00. The van der Waals surface area contributed by atoms with E-state index in [2.05, 4.69) is 5.32 Å². The summed E-state index contributed by atoms with van der Waals surface area (Å²) >= 11 is 0. The van der Waals surface area contributed by atoms with Crippen molar-refractivity contribution in [1.29, 1.82) is 0 Å². The number of hydrogen-bond donors (Lipinski definition) is 1. The van der Waals surface area contributed by atoms with Crippen LogP contribution < -0.4 is 19.5 Å². The molecule has 0 aliphatic heterocycles. The van der Waals surface area contributed by atoms with Crippen LogP contribution in [0.1, 0.15) is 12.5 Å². The lowest BCUT2D eigenvalue weighted by Gasteiger charge is -2.12. The molecule has 0 aliphatic carbocycles. The number of carbonyl (C=O) groups is 2. The molecule has 1 heterocycles. The van der Waals surface area contributed by atoms with Crippen LogP contribution in [-0.2, 0) is 14.3 Å². The molecule has 0 atom stereocenters. The highest BCUT2D eigenvalue weighted by atomic mass is 16.5. The third kappa shape index (κ3) is 5.68. The van der Waals surface area contributed by atoms with E-state index in [9.17, 15) is 9.59 Å². The molecular weight excluding hydrogens is 486 g/mol. The highest BCUT2D eigenvalue weighted by Gasteiger charge is 2.26. The Morgan fingerprint density at radius 1 is 0.921 bits per heavy atom. The lowest BCUT2D eigenvalue weighted by Crippen LogP contribution is -2.16. The topological polar surface area (TPSA) is 101 Å². The van der Waals surface area contributed by atoms with E-state index in [1.54, 1.807) is 37.1 Å². The predicted octanol–water partition coefficient (Wildman–Crippen LogP) is 5.04. The van der Waals surface area contributed by atoms with Gasteiger partial charge < -0.3 is 24.3 Å². The maximum atomic E-state index is 12.3. The molecule has 1 N–H and O–H groups in total. The van der Waals surface area contributed by atoms with Gasteiger partial charge in [0.15, 0.2) is 0 Å². The SMILES string of the molecule is COCC(=O)Nc1ccc(-c2c(-c3ccc(OC)cc3OC)nn(-c3ccc(C)cc3)c2OC(C)=O)cc1. The van der Waals surface area contributed by atoms with Crippen LogP contribution in [0.5, 0.6) is 17.4 Å². The molecule has 4 aromatic rings. The van der Waals surface area contributed by atoms with Crippen molar-refractivity contribution < 1.29 is 28.5 Å². The molecule has 38 heavy (non-hydrogen) atoms. The molecule has 9 heteroatoms. The second-order valence-corrected chi connectivity index (χ2v) is 8.49. The molecule has 1 aromatic heterocycles. The smallest absolute Gasteiger partial charge is 0.309 e. The number of methoxy groups -OCH3 is 3. The van der Waals surface area contributed by atoms with E-state index in [-0.39, 0.29) is 18.4 Å². The third-order valence-electron chi connectivity index (χ3n) is 5.76. The van der Waals surface area contributed by atoms with Crippen molar-refractivity contribution in [3.63, 3.8) is 0 Å². The molecular formula is C29H29N3O6. The van der Waals surface area contributed by atoms with Crippen molar-refractivity contribution in [3.05, 3.63) is 72.3 Å². The highest BCUT2D eigenvalue weighted by Crippen LogP contribution is 2.44. The number of rotatable bonds is 9. The lowest BCUT2D eigenvalue weighted by molar-refractivity contribution is -0.132. The van der Waals surface area contributed by atoms with Crippen molar-refractivity contribution in [1.82, 2.24) is 9.78 Å². The van der Waals surface area contributed by atoms with Crippen LogP contribution in [-0.4, -0.2) is 49.6 Å². The molecule has 0 unspecified atom stereocenters. The molecule has 0 aliphatic rings. The Labute approximate surface area is 220 Å². The average Bonchev–Trinajstić information content (AvgIpc) is 3.27. The first-order valence-corrected chi connectivity index (χ1v) is 11.8. The number of anilines is 1. The zero-order valence-electron chi connectivity index (χ0n) is 21.9. The van der Waals surface area contributed by atoms with Crippen LogP contribution in [0.4, 0.5) is 5.69 Å². The summed E-state index contributed by atoms with van der Waals surface area (Å²) in [6, 6.07) is 20.3. The Morgan fingerprint density at radius 3 is 2.24 bits per heavy atom. The van der Waals surface area contributed by atoms with E-state index in [1.165, 1.54) is 14.0 Å². The van der Waals surface area contributed by atoms with Gasteiger partial charge in [-0.1, -0.05) is 29.8 Å². The van der Waals surface area contributed by atoms with Gasteiger partial charge in [0.2, 0.25) is 11.8 Å². The van der Waals surface area contributed by atoms with E-state index in [0.717, 1.165) is 16.8 Å². The predicted molar refractivity (Wildman–Crippen MR) is 144 cm³/mol. The molecule has 0 fully saturated rings. The van der Waals surface area contributed by atoms with Gasteiger partial charge in [-0.3, -0.25) is 9.59 Å². The Bertz CT molecular complexity index is 1440. The van der Waals surface area contributed by atoms with Gasteiger partial charge in [0, 0.05) is 31.4 Å². The number of ether oxygens (including phenoxy) is 4. The first-order chi connectivity index (χ1) is 18.3. The quantitative estimate of drug-likeness (QED) is 0.312. The zero-order chi connectivity index (χ0) is 27.2. The number of aryl methyl sites for hydroxylation is 1. The molecule has 0 radical (unpaired) electrons. The van der Waals surface area contributed by atoms with Crippen LogP contribution in [0.3, 0.4) is 0 Å². The minimum Gasteiger partial charge on any atom is -0.497 e. The Balaban J connectivity index is 1.95. The molecule has 3 aromatic carbocycles. The number of carbonyl (C=O) groups excluding carboxylic acids is 2. The minimum atomic E-state index is -0.490. The van der Waals surface area contributed by atoms with Crippen LogP contribution in [0, 0.1) is 6.92 Å². The molecule has 196 valence electrons. The van der Waals surface area contributed by atoms with E-state index in [1.807, 2.05) is 55.5 Å². The van der Waals surface area contributed by atoms with Crippen LogP contribution in [0.2, 0.25) is 0 Å². The van der Waals surface area contributed by atoms with Gasteiger partial charge in [0.05, 0.1) is 25.5 Å². The number of nitrogens with one attached hydrogen (secondary N) is 1. The van der Waals surface area contributed by atoms with E-state index in [4.69, 9.17) is 24.0 Å². The molecule has 9 nitrogen and oxygen atoms in total. The fraction of sp³-hybridized carbons (Fsp3) is 0.207. The second-order valence-electron chi connectivity index (χ2n) is 8.49. The van der Waals surface area contributed by atoms with Gasteiger partial charge in [-0.25, -0.2) is 0 Å².